The van der Waals surface area contributed by atoms with Crippen LogP contribution in [0.2, 0.25) is 0 Å². The van der Waals surface area contributed by atoms with E-state index in [0.717, 1.165) is 29.5 Å². The Bertz CT molecular complexity index is 1270. The van der Waals surface area contributed by atoms with Gasteiger partial charge in [-0.3, -0.25) is 14.4 Å². The average molecular weight is 463 g/mol. The summed E-state index contributed by atoms with van der Waals surface area (Å²) in [5.41, 5.74) is 4.35. The molecule has 176 valence electrons. The summed E-state index contributed by atoms with van der Waals surface area (Å²) in [5.74, 6) is 0.199. The van der Waals surface area contributed by atoms with Crippen molar-refractivity contribution < 1.29 is 18.7 Å². The van der Waals surface area contributed by atoms with Crippen molar-refractivity contribution in [3.05, 3.63) is 59.9 Å². The lowest BCUT2D eigenvalue weighted by Gasteiger charge is -2.40. The largest absolute Gasteiger partial charge is 0.419 e. The molecule has 1 aliphatic heterocycles. The second-order valence-electron chi connectivity index (χ2n) is 9.15. The number of nitrogens with zero attached hydrogens (tertiary/aromatic N) is 4. The van der Waals surface area contributed by atoms with Crippen LogP contribution in [-0.2, 0) is 11.5 Å². The number of rotatable bonds is 4. The lowest BCUT2D eigenvalue weighted by molar-refractivity contribution is -0.117. The van der Waals surface area contributed by atoms with Crippen LogP contribution in [0.5, 0.6) is 5.75 Å². The monoisotopic (exact) mass is 462 g/mol. The summed E-state index contributed by atoms with van der Waals surface area (Å²) < 4.78 is 20.9. The van der Waals surface area contributed by atoms with E-state index in [9.17, 15) is 14.0 Å². The predicted octanol–water partition coefficient (Wildman–Crippen LogP) is 5.42. The summed E-state index contributed by atoms with van der Waals surface area (Å²) in [4.78, 5) is 29.0. The molecule has 0 unspecified atom stereocenters. The van der Waals surface area contributed by atoms with Crippen molar-refractivity contribution in [2.24, 2.45) is 0 Å². The molecule has 8 heteroatoms. The summed E-state index contributed by atoms with van der Waals surface area (Å²) in [6.45, 7) is 4.88. The van der Waals surface area contributed by atoms with Crippen LogP contribution < -0.4 is 14.5 Å². The van der Waals surface area contributed by atoms with Gasteiger partial charge >= 0.3 is 6.09 Å². The summed E-state index contributed by atoms with van der Waals surface area (Å²) in [6.07, 6.45) is 5.54. The number of amides is 2. The third-order valence-electron chi connectivity index (χ3n) is 6.30. The van der Waals surface area contributed by atoms with Gasteiger partial charge in [0.25, 0.3) is 0 Å². The highest BCUT2D eigenvalue weighted by molar-refractivity contribution is 6.03. The van der Waals surface area contributed by atoms with Crippen LogP contribution in [0, 0.1) is 6.92 Å². The zero-order valence-electron chi connectivity index (χ0n) is 19.5. The van der Waals surface area contributed by atoms with Crippen LogP contribution in [0.4, 0.5) is 20.6 Å². The normalized spacial score (nSPS) is 17.5. The molecule has 1 aromatic heterocycles. The summed E-state index contributed by atoms with van der Waals surface area (Å²) in [7, 11) is 0. The predicted molar refractivity (Wildman–Crippen MR) is 128 cm³/mol. The third kappa shape index (κ3) is 4.16. The first kappa shape index (κ1) is 22.1. The van der Waals surface area contributed by atoms with E-state index in [2.05, 4.69) is 5.10 Å². The Morgan fingerprint density at radius 1 is 1.12 bits per heavy atom. The number of benzene rings is 2. The topological polar surface area (TPSA) is 67.7 Å². The SMILES string of the molecule is CC(=O)N1c2ccc(-c3cnn(C4CC4)c3)cc2N(C(=O)Oc2cc(C)cc(CF)c2)C[C@@H]1C. The number of ether oxygens (including phenoxy) is 1. The first-order valence-electron chi connectivity index (χ1n) is 11.5. The number of hydrogen-bond acceptors (Lipinski definition) is 4. The molecule has 2 amide bonds. The number of hydrogen-bond donors (Lipinski definition) is 0. The molecule has 34 heavy (non-hydrogen) atoms. The van der Waals surface area contributed by atoms with Crippen LogP contribution in [0.1, 0.15) is 43.9 Å². The van der Waals surface area contributed by atoms with Crippen molar-refractivity contribution in [2.45, 2.75) is 52.4 Å². The fourth-order valence-electron chi connectivity index (χ4n) is 4.60. The fourth-order valence-corrected chi connectivity index (χ4v) is 4.60. The Balaban J connectivity index is 1.51. The second kappa shape index (κ2) is 8.59. The quantitative estimate of drug-likeness (QED) is 0.519. The highest BCUT2D eigenvalue weighted by Gasteiger charge is 2.35. The standard InChI is InChI=1S/C26H27FN4O3/c1-16-8-19(12-27)10-23(9-16)34-26(33)29-14-17(2)31(18(3)32)24-7-4-20(11-25(24)29)21-13-28-30(15-21)22-5-6-22/h4,7-11,13,15,17,22H,5-6,12,14H2,1-3H3/t17-/m0/s1. The maximum absolute atomic E-state index is 13.3. The fraction of sp³-hybridized carbons (Fsp3) is 0.346. The molecular formula is C26H27FN4O3. The molecule has 0 saturated heterocycles. The molecule has 5 rings (SSSR count). The molecule has 2 heterocycles. The van der Waals surface area contributed by atoms with Gasteiger partial charge in [0.2, 0.25) is 5.91 Å². The summed E-state index contributed by atoms with van der Waals surface area (Å²) in [5, 5.41) is 4.47. The molecule has 3 aromatic rings. The molecule has 0 bridgehead atoms. The van der Waals surface area contributed by atoms with Gasteiger partial charge in [-0.05, 0) is 67.6 Å². The van der Waals surface area contributed by atoms with Crippen molar-refractivity contribution >= 4 is 23.4 Å². The van der Waals surface area contributed by atoms with Gasteiger partial charge in [-0.1, -0.05) is 12.1 Å². The Morgan fingerprint density at radius 3 is 2.62 bits per heavy atom. The first-order chi connectivity index (χ1) is 16.3. The number of carbonyl (C=O) groups excluding carboxylic acids is 2. The van der Waals surface area contributed by atoms with Crippen molar-refractivity contribution in [2.75, 3.05) is 16.3 Å². The van der Waals surface area contributed by atoms with Crippen LogP contribution in [0.15, 0.2) is 48.8 Å². The van der Waals surface area contributed by atoms with Gasteiger partial charge in [-0.2, -0.15) is 5.10 Å². The van der Waals surface area contributed by atoms with E-state index < -0.39 is 12.8 Å². The maximum atomic E-state index is 13.3. The van der Waals surface area contributed by atoms with E-state index in [1.807, 2.05) is 49.1 Å². The van der Waals surface area contributed by atoms with Crippen LogP contribution in [0.3, 0.4) is 0 Å². The van der Waals surface area contributed by atoms with Gasteiger partial charge in [0.1, 0.15) is 12.4 Å². The molecule has 0 radical (unpaired) electrons. The summed E-state index contributed by atoms with van der Waals surface area (Å²) >= 11 is 0. The van der Waals surface area contributed by atoms with Crippen molar-refractivity contribution in [3.63, 3.8) is 0 Å². The van der Waals surface area contributed by atoms with Gasteiger partial charge in [-0.25, -0.2) is 9.18 Å². The van der Waals surface area contributed by atoms with E-state index in [0.29, 0.717) is 28.7 Å². The minimum Gasteiger partial charge on any atom is -0.410 e. The maximum Gasteiger partial charge on any atom is 0.419 e. The number of alkyl halides is 1. The number of aromatic nitrogens is 2. The van der Waals surface area contributed by atoms with Gasteiger partial charge in [0.15, 0.2) is 0 Å². The minimum atomic E-state index is -0.638. The number of carbonyl (C=O) groups is 2. The van der Waals surface area contributed by atoms with E-state index in [1.165, 1.54) is 13.0 Å². The van der Waals surface area contributed by atoms with Crippen LogP contribution >= 0.6 is 0 Å². The van der Waals surface area contributed by atoms with E-state index >= 15 is 0 Å². The summed E-state index contributed by atoms with van der Waals surface area (Å²) in [6, 6.07) is 10.9. The van der Waals surface area contributed by atoms with E-state index in [-0.39, 0.29) is 18.5 Å². The Kier molecular flexibility index (Phi) is 5.59. The zero-order chi connectivity index (χ0) is 24.0. The van der Waals surface area contributed by atoms with Crippen molar-refractivity contribution in [1.82, 2.24) is 9.78 Å². The molecular weight excluding hydrogens is 435 g/mol. The third-order valence-corrected chi connectivity index (χ3v) is 6.30. The average Bonchev–Trinajstić information content (AvgIpc) is 3.53. The van der Waals surface area contributed by atoms with Gasteiger partial charge in [0.05, 0.1) is 29.7 Å². The molecule has 7 nitrogen and oxygen atoms in total. The van der Waals surface area contributed by atoms with Gasteiger partial charge < -0.3 is 9.64 Å². The molecule has 1 fully saturated rings. The number of anilines is 2. The van der Waals surface area contributed by atoms with Crippen LogP contribution in [-0.4, -0.2) is 34.4 Å². The molecule has 1 aliphatic carbocycles. The van der Waals surface area contributed by atoms with Gasteiger partial charge in [-0.15, -0.1) is 0 Å². The Labute approximate surface area is 197 Å². The highest BCUT2D eigenvalue weighted by Crippen LogP contribution is 2.40. The molecule has 1 atom stereocenters. The Hall–Kier alpha value is -3.68. The lowest BCUT2D eigenvalue weighted by Crippen LogP contribution is -2.52. The Morgan fingerprint density at radius 2 is 1.91 bits per heavy atom. The number of fused-ring (bicyclic) bond motifs is 1. The smallest absolute Gasteiger partial charge is 0.410 e. The molecule has 0 N–H and O–H groups in total. The van der Waals surface area contributed by atoms with E-state index in [1.54, 1.807) is 21.9 Å². The highest BCUT2D eigenvalue weighted by atomic mass is 19.1. The van der Waals surface area contributed by atoms with Crippen LogP contribution in [0.25, 0.3) is 11.1 Å². The lowest BCUT2D eigenvalue weighted by atomic mass is 10.0. The van der Waals surface area contributed by atoms with Gasteiger partial charge in [0, 0.05) is 25.2 Å². The molecule has 2 aromatic carbocycles. The van der Waals surface area contributed by atoms with E-state index in [4.69, 9.17) is 4.74 Å². The number of halogens is 1. The van der Waals surface area contributed by atoms with Crippen molar-refractivity contribution in [1.29, 1.82) is 0 Å². The molecule has 1 saturated carbocycles. The molecule has 0 spiro atoms. The molecule has 2 aliphatic rings. The minimum absolute atomic E-state index is 0.0951. The van der Waals surface area contributed by atoms with Crippen molar-refractivity contribution in [3.8, 4) is 16.9 Å². The number of aryl methyl sites for hydroxylation is 1. The second-order valence-corrected chi connectivity index (χ2v) is 9.15. The first-order valence-corrected chi connectivity index (χ1v) is 11.5. The zero-order valence-corrected chi connectivity index (χ0v) is 19.5.